The molecule has 1 heterocycles. The van der Waals surface area contributed by atoms with Crippen LogP contribution in [0.2, 0.25) is 0 Å². The maximum Gasteiger partial charge on any atom is 0.225 e. The topological polar surface area (TPSA) is 20.3 Å². The van der Waals surface area contributed by atoms with Crippen LogP contribution in [0.5, 0.6) is 0 Å². The normalized spacial score (nSPS) is 31.5. The van der Waals surface area contributed by atoms with Crippen LogP contribution >= 0.6 is 15.9 Å². The van der Waals surface area contributed by atoms with E-state index in [4.69, 9.17) is 0 Å². The summed E-state index contributed by atoms with van der Waals surface area (Å²) in [6, 6.07) is 0.436. The van der Waals surface area contributed by atoms with E-state index in [2.05, 4.69) is 27.8 Å². The van der Waals surface area contributed by atoms with Crippen LogP contribution in [-0.4, -0.2) is 28.7 Å². The first kappa shape index (κ1) is 13.4. The molecular formula is C14H24BrNO. The molecule has 2 unspecified atom stereocenters. The Balaban J connectivity index is 1.98. The largest absolute Gasteiger partial charge is 0.338 e. The Kier molecular flexibility index (Phi) is 4.89. The van der Waals surface area contributed by atoms with E-state index in [1.54, 1.807) is 0 Å². The Hall–Kier alpha value is -0.0500. The number of likely N-dealkylation sites (tertiary alicyclic amines) is 1. The third-order valence-corrected chi connectivity index (χ3v) is 5.19. The second-order valence-corrected chi connectivity index (χ2v) is 6.36. The highest BCUT2D eigenvalue weighted by Crippen LogP contribution is 2.31. The monoisotopic (exact) mass is 301 g/mol. The van der Waals surface area contributed by atoms with E-state index in [0.29, 0.717) is 23.8 Å². The second-order valence-electron chi connectivity index (χ2n) is 5.71. The molecule has 0 aromatic rings. The van der Waals surface area contributed by atoms with Gasteiger partial charge < -0.3 is 4.90 Å². The van der Waals surface area contributed by atoms with Gasteiger partial charge in [0.15, 0.2) is 0 Å². The van der Waals surface area contributed by atoms with Gasteiger partial charge >= 0.3 is 0 Å². The number of hydrogen-bond donors (Lipinski definition) is 0. The van der Waals surface area contributed by atoms with Gasteiger partial charge in [-0.25, -0.2) is 0 Å². The molecule has 2 fully saturated rings. The van der Waals surface area contributed by atoms with Crippen LogP contribution < -0.4 is 0 Å². The number of halogens is 1. The Morgan fingerprint density at radius 2 is 1.82 bits per heavy atom. The lowest BCUT2D eigenvalue weighted by Crippen LogP contribution is -2.42. The zero-order valence-corrected chi connectivity index (χ0v) is 12.4. The first-order valence-electron chi connectivity index (χ1n) is 7.10. The van der Waals surface area contributed by atoms with Crippen LogP contribution in [0.3, 0.4) is 0 Å². The Morgan fingerprint density at radius 3 is 2.41 bits per heavy atom. The molecule has 0 N–H and O–H groups in total. The molecule has 2 rings (SSSR count). The average Bonchev–Trinajstić information content (AvgIpc) is 2.56. The minimum Gasteiger partial charge on any atom is -0.338 e. The standard InChI is InChI=1S/C14H24BrNO/c1-11-8-9-16(13(11)10-15)14(17)12-6-4-2-3-5-7-12/h11-13H,2-10H2,1H3. The summed E-state index contributed by atoms with van der Waals surface area (Å²) >= 11 is 3.57. The van der Waals surface area contributed by atoms with Gasteiger partial charge in [-0.1, -0.05) is 48.5 Å². The van der Waals surface area contributed by atoms with Crippen LogP contribution in [-0.2, 0) is 4.79 Å². The number of hydrogen-bond acceptors (Lipinski definition) is 1. The molecule has 2 nitrogen and oxygen atoms in total. The molecular weight excluding hydrogens is 278 g/mol. The van der Waals surface area contributed by atoms with Gasteiger partial charge in [0.25, 0.3) is 0 Å². The minimum atomic E-state index is 0.323. The van der Waals surface area contributed by atoms with E-state index < -0.39 is 0 Å². The van der Waals surface area contributed by atoms with Gasteiger partial charge in [-0.15, -0.1) is 0 Å². The highest BCUT2D eigenvalue weighted by Gasteiger charge is 2.36. The fourth-order valence-corrected chi connectivity index (χ4v) is 4.27. The Labute approximate surface area is 113 Å². The summed E-state index contributed by atoms with van der Waals surface area (Å²) < 4.78 is 0. The molecule has 1 aliphatic carbocycles. The first-order valence-corrected chi connectivity index (χ1v) is 8.22. The summed E-state index contributed by atoms with van der Waals surface area (Å²) in [5.74, 6) is 1.43. The van der Waals surface area contributed by atoms with Crippen molar-refractivity contribution in [1.29, 1.82) is 0 Å². The maximum atomic E-state index is 12.6. The molecule has 2 atom stereocenters. The molecule has 98 valence electrons. The molecule has 1 aliphatic heterocycles. The third kappa shape index (κ3) is 3.04. The third-order valence-electron chi connectivity index (χ3n) is 4.53. The molecule has 0 radical (unpaired) electrons. The van der Waals surface area contributed by atoms with Crippen molar-refractivity contribution in [2.45, 2.75) is 57.9 Å². The predicted octanol–water partition coefficient (Wildman–Crippen LogP) is 3.59. The molecule has 0 bridgehead atoms. The highest BCUT2D eigenvalue weighted by atomic mass is 79.9. The number of nitrogens with zero attached hydrogens (tertiary/aromatic N) is 1. The lowest BCUT2D eigenvalue weighted by molar-refractivity contribution is -0.136. The number of alkyl halides is 1. The van der Waals surface area contributed by atoms with E-state index >= 15 is 0 Å². The van der Waals surface area contributed by atoms with Crippen molar-refractivity contribution in [3.05, 3.63) is 0 Å². The fourth-order valence-electron chi connectivity index (χ4n) is 3.28. The van der Waals surface area contributed by atoms with E-state index in [9.17, 15) is 4.79 Å². The smallest absolute Gasteiger partial charge is 0.225 e. The van der Waals surface area contributed by atoms with E-state index in [-0.39, 0.29) is 0 Å². The predicted molar refractivity (Wildman–Crippen MR) is 74.3 cm³/mol. The van der Waals surface area contributed by atoms with E-state index in [1.807, 2.05) is 0 Å². The summed E-state index contributed by atoms with van der Waals surface area (Å²) in [7, 11) is 0. The Bertz CT molecular complexity index is 261. The molecule has 2 aliphatic rings. The summed E-state index contributed by atoms with van der Waals surface area (Å²) in [6.07, 6.45) is 8.56. The molecule has 1 saturated heterocycles. The minimum absolute atomic E-state index is 0.323. The number of amides is 1. The summed E-state index contributed by atoms with van der Waals surface area (Å²) in [5.41, 5.74) is 0. The molecule has 0 aromatic heterocycles. The van der Waals surface area contributed by atoms with Crippen LogP contribution in [0.1, 0.15) is 51.9 Å². The first-order chi connectivity index (χ1) is 8.24. The summed E-state index contributed by atoms with van der Waals surface area (Å²) in [5, 5.41) is 0.937. The fraction of sp³-hybridized carbons (Fsp3) is 0.929. The van der Waals surface area contributed by atoms with Crippen LogP contribution in [0.15, 0.2) is 0 Å². The summed E-state index contributed by atoms with van der Waals surface area (Å²) in [6.45, 7) is 3.25. The van der Waals surface area contributed by atoms with Crippen LogP contribution in [0.4, 0.5) is 0 Å². The number of carbonyl (C=O) groups excluding carboxylic acids is 1. The van der Waals surface area contributed by atoms with Gasteiger partial charge in [-0.05, 0) is 25.2 Å². The van der Waals surface area contributed by atoms with E-state index in [0.717, 1.165) is 24.7 Å². The molecule has 17 heavy (non-hydrogen) atoms. The van der Waals surface area contributed by atoms with Crippen molar-refractivity contribution in [3.8, 4) is 0 Å². The number of rotatable bonds is 2. The lowest BCUT2D eigenvalue weighted by atomic mass is 9.98. The van der Waals surface area contributed by atoms with Gasteiger partial charge in [-0.2, -0.15) is 0 Å². The molecule has 1 amide bonds. The second kappa shape index (κ2) is 6.21. The van der Waals surface area contributed by atoms with Gasteiger partial charge in [0.05, 0.1) is 0 Å². The average molecular weight is 302 g/mol. The van der Waals surface area contributed by atoms with Gasteiger partial charge in [-0.3, -0.25) is 4.79 Å². The van der Waals surface area contributed by atoms with Crippen molar-refractivity contribution < 1.29 is 4.79 Å². The van der Waals surface area contributed by atoms with Crippen molar-refractivity contribution in [2.75, 3.05) is 11.9 Å². The van der Waals surface area contributed by atoms with Crippen molar-refractivity contribution in [3.63, 3.8) is 0 Å². The zero-order valence-electron chi connectivity index (χ0n) is 10.8. The highest BCUT2D eigenvalue weighted by molar-refractivity contribution is 9.09. The van der Waals surface area contributed by atoms with Crippen LogP contribution in [0.25, 0.3) is 0 Å². The van der Waals surface area contributed by atoms with Crippen molar-refractivity contribution in [1.82, 2.24) is 4.90 Å². The van der Waals surface area contributed by atoms with Gasteiger partial charge in [0.2, 0.25) is 5.91 Å². The number of carbonyl (C=O) groups is 1. The van der Waals surface area contributed by atoms with Crippen molar-refractivity contribution in [2.24, 2.45) is 11.8 Å². The Morgan fingerprint density at radius 1 is 1.18 bits per heavy atom. The molecule has 1 saturated carbocycles. The van der Waals surface area contributed by atoms with Gasteiger partial charge in [0.1, 0.15) is 0 Å². The van der Waals surface area contributed by atoms with E-state index in [1.165, 1.54) is 32.1 Å². The SMILES string of the molecule is CC1CCN(C(=O)C2CCCCCC2)C1CBr. The van der Waals surface area contributed by atoms with Gasteiger partial charge in [0, 0.05) is 23.8 Å². The molecule has 3 heteroatoms. The summed E-state index contributed by atoms with van der Waals surface area (Å²) in [4.78, 5) is 14.7. The zero-order chi connectivity index (χ0) is 12.3. The molecule has 0 spiro atoms. The quantitative estimate of drug-likeness (QED) is 0.564. The molecule has 0 aromatic carbocycles. The van der Waals surface area contributed by atoms with Crippen molar-refractivity contribution >= 4 is 21.8 Å². The van der Waals surface area contributed by atoms with Crippen LogP contribution in [0, 0.1) is 11.8 Å². The maximum absolute atomic E-state index is 12.6. The lowest BCUT2D eigenvalue weighted by Gasteiger charge is -2.29.